The lowest BCUT2D eigenvalue weighted by atomic mass is 9.46. The van der Waals surface area contributed by atoms with Gasteiger partial charge in [0.05, 0.1) is 37.9 Å². The molecule has 0 aromatic carbocycles. The van der Waals surface area contributed by atoms with Gasteiger partial charge in [0.1, 0.15) is 45.8 Å². The van der Waals surface area contributed by atoms with Crippen LogP contribution in [0.2, 0.25) is 0 Å². The fourth-order valence-corrected chi connectivity index (χ4v) is 18.3. The highest BCUT2D eigenvalue weighted by atomic mass is 16.9. The number of hydrogen-bond donors (Lipinski definition) is 0. The molecule has 778 valence electrons. The van der Waals surface area contributed by atoms with Crippen LogP contribution in [0.5, 0.6) is 0 Å². The van der Waals surface area contributed by atoms with E-state index < -0.39 is 134 Å². The molecule has 4 bridgehead atoms. The van der Waals surface area contributed by atoms with E-state index in [1.807, 2.05) is 180 Å². The summed E-state index contributed by atoms with van der Waals surface area (Å²) in [6.07, 6.45) is 24.0. The van der Waals surface area contributed by atoms with Crippen molar-refractivity contribution in [2.24, 2.45) is 67.0 Å². The number of fused-ring (bicyclic) bond motifs is 3. The van der Waals surface area contributed by atoms with E-state index >= 15 is 0 Å². The molecule has 12 unspecified atom stereocenters. The summed E-state index contributed by atoms with van der Waals surface area (Å²) in [4.78, 5) is 145. The zero-order chi connectivity index (χ0) is 103. The fourth-order valence-electron chi connectivity index (χ4n) is 18.3. The molecule has 27 nitrogen and oxygen atoms in total. The number of rotatable bonds is 26. The van der Waals surface area contributed by atoms with Crippen LogP contribution in [0, 0.1) is 67.0 Å². The Balaban J connectivity index is 0.000000279. The van der Waals surface area contributed by atoms with E-state index in [0.717, 1.165) is 88.4 Å². The molecule has 0 radical (unpaired) electrons. The third-order valence-corrected chi connectivity index (χ3v) is 32.2. The number of carbonyl (C=O) groups excluding carboxylic acids is 12. The lowest BCUT2D eigenvalue weighted by Gasteiger charge is -2.61. The van der Waals surface area contributed by atoms with Crippen LogP contribution in [0.15, 0.2) is 0 Å². The topological polar surface area (TPSA) is 343 Å². The van der Waals surface area contributed by atoms with E-state index in [1.54, 1.807) is 27.7 Å². The highest BCUT2D eigenvalue weighted by molar-refractivity contribution is 5.86. The van der Waals surface area contributed by atoms with Crippen LogP contribution in [0.3, 0.4) is 0 Å². The molecule has 0 spiro atoms. The van der Waals surface area contributed by atoms with Crippen molar-refractivity contribution in [2.45, 2.75) is 549 Å². The summed E-state index contributed by atoms with van der Waals surface area (Å²) in [7, 11) is 0. The van der Waals surface area contributed by atoms with Crippen molar-refractivity contribution in [3.8, 4) is 0 Å². The molecule has 12 atom stereocenters. The minimum atomic E-state index is -1.07. The fraction of sp³-hybridized carbons (Fsp3) is 0.889. The second kappa shape index (κ2) is 47.9. The molecule has 7 aliphatic heterocycles. The van der Waals surface area contributed by atoms with Crippen molar-refractivity contribution in [3.63, 3.8) is 0 Å². The molecule has 0 N–H and O–H groups in total. The molecule has 7 heterocycles. The van der Waals surface area contributed by atoms with Crippen molar-refractivity contribution in [3.05, 3.63) is 0 Å². The largest absolute Gasteiger partial charge is 0.459 e. The van der Waals surface area contributed by atoms with Gasteiger partial charge in [-0.3, -0.25) is 38.4 Å². The average Bonchev–Trinajstić information content (AvgIpc) is 1.72. The lowest BCUT2D eigenvalue weighted by molar-refractivity contribution is -0.217. The van der Waals surface area contributed by atoms with Gasteiger partial charge >= 0.3 is 71.6 Å². The monoisotopic (exact) mass is 1910 g/mol. The van der Waals surface area contributed by atoms with Crippen LogP contribution in [0.1, 0.15) is 454 Å². The number of carbonyl (C=O) groups is 12. The van der Waals surface area contributed by atoms with Crippen LogP contribution < -0.4 is 0 Å². The normalized spacial score (nSPS) is 30.1. The Morgan fingerprint density at radius 2 is 0.719 bits per heavy atom. The number of hydrogen-bond acceptors (Lipinski definition) is 27. The van der Waals surface area contributed by atoms with E-state index in [-0.39, 0.29) is 75.3 Å². The second-order valence-corrected chi connectivity index (χ2v) is 47.8. The van der Waals surface area contributed by atoms with Crippen molar-refractivity contribution >= 4 is 71.6 Å². The molecular weight excluding hydrogens is 1730 g/mol. The van der Waals surface area contributed by atoms with Gasteiger partial charge < -0.3 is 71.1 Å². The third kappa shape index (κ3) is 32.5. The summed E-state index contributed by atoms with van der Waals surface area (Å²) < 4.78 is 83.2. The Hall–Kier alpha value is -6.48. The number of cyclic esters (lactones) is 4. The Kier molecular flexibility index (Phi) is 42.2. The highest BCUT2D eigenvalue weighted by Crippen LogP contribution is 2.65. The molecule has 7 saturated heterocycles. The van der Waals surface area contributed by atoms with Gasteiger partial charge in [-0.1, -0.05) is 88.5 Å². The van der Waals surface area contributed by atoms with Crippen LogP contribution in [0.25, 0.3) is 0 Å². The zero-order valence-corrected chi connectivity index (χ0v) is 90.4. The predicted molar refractivity (Wildman–Crippen MR) is 514 cm³/mol. The van der Waals surface area contributed by atoms with E-state index in [4.69, 9.17) is 71.1 Å². The van der Waals surface area contributed by atoms with Crippen LogP contribution >= 0.6 is 0 Å². The van der Waals surface area contributed by atoms with Gasteiger partial charge in [0.2, 0.25) is 6.10 Å². The highest BCUT2D eigenvalue weighted by Gasteiger charge is 2.65. The minimum absolute atomic E-state index is 0.00857. The SMILES string of the molecule is CCC(C)(C)C(=O)OC(C)(C)C12CC3CC(CC(C3)C1)C2.CCC(C)(C)C(=O)OC(C)(C)C1CCCCC1.CCC(C)(C)C(=O)OC1C(=O)OC2C3OC(C)(C)OC3OC12.CCC(C)(C)C(=O)OC1CCCC(=O)OC1(C)CC.CCC(C)(C)C(=O)OC1CCCC(C)(C)OC1=O.CCC1(C)CCCC(OC(=O)C(C)(C)CC)C(=O)O1.CCC1(C)CCCC(OC(=O)C(C)(C)CC)C(=O)O1. The molecule has 12 rings (SSSR count). The van der Waals surface area contributed by atoms with Crippen molar-refractivity contribution < 1.29 is 129 Å². The maximum atomic E-state index is 12.6. The van der Waals surface area contributed by atoms with Crippen LogP contribution in [0.4, 0.5) is 0 Å². The summed E-state index contributed by atoms with van der Waals surface area (Å²) >= 11 is 0. The molecule has 135 heavy (non-hydrogen) atoms. The summed E-state index contributed by atoms with van der Waals surface area (Å²) in [5.41, 5.74) is -5.90. The van der Waals surface area contributed by atoms with E-state index in [9.17, 15) is 57.5 Å². The standard InChI is InChI=1S/C19H32O2.C15H22O7.3C15H26O4.C15H28O2.C14H24O4/c1-6-17(2,3)16(20)21-18(4,5)19-10-13-7-14(11-19)9-15(8-13)12-19;1-6-14(2,3)13(17)20-9-7-8(18-11(9)16)10-12(19-7)22-15(4,5)21-10;2*1-6-14(3,4)13(17)18-11-9-8-10-15(5,7-2)19-12(11)16;1-6-14(3,4)13(17)18-11-9-8-10-12(16)19-15(11,5)7-2;1-6-14(2,3)13(16)17-15(4,5)12-10-8-7-9-11-12;1-6-13(2,3)12(16)17-10-8-7-9-14(4,5)18-11(10)15/h13-15H,6-12H2,1-5H3;7-10,12H,6H2,1-5H3;3*11H,6-10H2,1-5H3;12H,6-11H2,1-5H3;10H,6-9H2,1-5H3. The summed E-state index contributed by atoms with van der Waals surface area (Å²) in [5, 5.41) is 0. The van der Waals surface area contributed by atoms with Gasteiger partial charge in [-0.2, -0.15) is 0 Å². The molecule has 5 aliphatic carbocycles. The van der Waals surface area contributed by atoms with Gasteiger partial charge in [-0.15, -0.1) is 0 Å². The van der Waals surface area contributed by atoms with E-state index in [0.29, 0.717) is 76.5 Å². The molecule has 0 amide bonds. The van der Waals surface area contributed by atoms with E-state index in [1.165, 1.54) is 70.6 Å². The Morgan fingerprint density at radius 1 is 0.356 bits per heavy atom. The Morgan fingerprint density at radius 3 is 1.10 bits per heavy atom. The van der Waals surface area contributed by atoms with Gasteiger partial charge in [0.15, 0.2) is 42.6 Å². The minimum Gasteiger partial charge on any atom is -0.459 e. The first-order valence-electron chi connectivity index (χ1n) is 51.7. The summed E-state index contributed by atoms with van der Waals surface area (Å²) in [6, 6.07) is 0. The Labute approximate surface area is 811 Å². The van der Waals surface area contributed by atoms with Gasteiger partial charge in [-0.05, 0) is 383 Å². The van der Waals surface area contributed by atoms with E-state index in [2.05, 4.69) is 34.6 Å². The van der Waals surface area contributed by atoms with Crippen LogP contribution in [-0.2, 0) is 129 Å². The molecular formula is C108H184O27. The molecule has 0 aromatic rings. The maximum absolute atomic E-state index is 12.6. The summed E-state index contributed by atoms with van der Waals surface area (Å²) in [6.45, 7) is 67.4. The first-order valence-corrected chi connectivity index (χ1v) is 51.7. The predicted octanol–water partition coefficient (Wildman–Crippen LogP) is 23.0. The first-order chi connectivity index (χ1) is 62.0. The second-order valence-electron chi connectivity index (χ2n) is 47.8. The first kappa shape index (κ1) is 119. The van der Waals surface area contributed by atoms with Gasteiger partial charge in [-0.25, -0.2) is 19.2 Å². The van der Waals surface area contributed by atoms with Crippen molar-refractivity contribution in [1.82, 2.24) is 0 Å². The molecule has 12 fully saturated rings. The average molecular weight is 1910 g/mol. The molecule has 27 heteroatoms. The number of ether oxygens (including phenoxy) is 15. The summed E-state index contributed by atoms with van der Waals surface area (Å²) in [5.74, 6) is -1.25. The van der Waals surface area contributed by atoms with Gasteiger partial charge in [0.25, 0.3) is 0 Å². The molecule has 12 aliphatic rings. The third-order valence-electron chi connectivity index (χ3n) is 32.2. The lowest BCUT2D eigenvalue weighted by Crippen LogP contribution is -2.58. The smallest absolute Gasteiger partial charge is 0.350 e. The number of esters is 12. The molecule has 0 aromatic heterocycles. The maximum Gasteiger partial charge on any atom is 0.350 e. The van der Waals surface area contributed by atoms with Crippen LogP contribution in [-0.4, -0.2) is 166 Å². The molecule has 5 saturated carbocycles. The zero-order valence-electron chi connectivity index (χ0n) is 90.4. The Bertz CT molecular complexity index is 3860. The quantitative estimate of drug-likeness (QED) is 0.0573. The van der Waals surface area contributed by atoms with Crippen molar-refractivity contribution in [2.75, 3.05) is 0 Å². The van der Waals surface area contributed by atoms with Gasteiger partial charge in [0, 0.05) is 11.8 Å². The van der Waals surface area contributed by atoms with Crippen molar-refractivity contribution in [1.29, 1.82) is 0 Å².